The zero-order valence-corrected chi connectivity index (χ0v) is 12.6. The van der Waals surface area contributed by atoms with Crippen LogP contribution in [0, 0.1) is 16.7 Å². The van der Waals surface area contributed by atoms with Gasteiger partial charge in [0.15, 0.2) is 5.78 Å². The molecule has 1 aromatic rings. The van der Waals surface area contributed by atoms with Crippen LogP contribution in [0.25, 0.3) is 0 Å². The van der Waals surface area contributed by atoms with Gasteiger partial charge in [-0.2, -0.15) is 5.26 Å². The van der Waals surface area contributed by atoms with Gasteiger partial charge in [0.1, 0.15) is 17.4 Å². The van der Waals surface area contributed by atoms with Gasteiger partial charge >= 0.3 is 0 Å². The maximum absolute atomic E-state index is 12.7. The molecule has 0 saturated heterocycles. The van der Waals surface area contributed by atoms with Gasteiger partial charge in [-0.25, -0.2) is 0 Å². The first-order valence-electron chi connectivity index (χ1n) is 7.17. The van der Waals surface area contributed by atoms with Gasteiger partial charge in [-0.15, -0.1) is 0 Å². The maximum Gasteiger partial charge on any atom is 0.205 e. The molecule has 5 heteroatoms. The Morgan fingerprint density at radius 2 is 2.23 bits per heavy atom. The zero-order valence-electron chi connectivity index (χ0n) is 12.6. The maximum atomic E-state index is 12.7. The average Bonchev–Trinajstić information content (AvgIpc) is 2.45. The molecule has 0 unspecified atom stereocenters. The van der Waals surface area contributed by atoms with Gasteiger partial charge < -0.3 is 10.5 Å². The third-order valence-corrected chi connectivity index (χ3v) is 4.09. The van der Waals surface area contributed by atoms with Crippen LogP contribution in [0.3, 0.4) is 0 Å². The molecule has 0 fully saturated rings. The van der Waals surface area contributed by atoms with Gasteiger partial charge in [-0.1, -0.05) is 19.9 Å². The minimum atomic E-state index is -0.481. The second kappa shape index (κ2) is 4.99. The molecule has 0 saturated carbocycles. The standard InChI is InChI=1S/C17H17N3O2/c1-17(2)6-12(21)15-13(7-17)22-16(19)11(8-18)14(15)10-4-3-5-20-9-10/h3-5,9,14H,6-7,19H2,1-2H3/t14-/m1/s1. The fourth-order valence-corrected chi connectivity index (χ4v) is 3.16. The lowest BCUT2D eigenvalue weighted by molar-refractivity contribution is -0.119. The molecule has 1 aliphatic heterocycles. The highest BCUT2D eigenvalue weighted by molar-refractivity contribution is 6.00. The fourth-order valence-electron chi connectivity index (χ4n) is 3.16. The second-order valence-electron chi connectivity index (χ2n) is 6.49. The lowest BCUT2D eigenvalue weighted by atomic mass is 9.70. The molecule has 0 radical (unpaired) electrons. The summed E-state index contributed by atoms with van der Waals surface area (Å²) in [7, 11) is 0. The van der Waals surface area contributed by atoms with E-state index in [2.05, 4.69) is 11.1 Å². The Bertz CT molecular complexity index is 739. The predicted octanol–water partition coefficient (Wildman–Crippen LogP) is 2.53. The highest BCUT2D eigenvalue weighted by atomic mass is 16.5. The highest BCUT2D eigenvalue weighted by Crippen LogP contribution is 2.47. The first kappa shape index (κ1) is 14.3. The van der Waals surface area contributed by atoms with Crippen LogP contribution in [0.1, 0.15) is 38.2 Å². The summed E-state index contributed by atoms with van der Waals surface area (Å²) in [6.07, 6.45) is 4.39. The third kappa shape index (κ3) is 2.27. The Morgan fingerprint density at radius 3 is 2.86 bits per heavy atom. The van der Waals surface area contributed by atoms with Gasteiger partial charge in [0, 0.05) is 30.8 Å². The van der Waals surface area contributed by atoms with Crippen molar-refractivity contribution in [3.63, 3.8) is 0 Å². The quantitative estimate of drug-likeness (QED) is 0.860. The summed E-state index contributed by atoms with van der Waals surface area (Å²) in [6, 6.07) is 5.73. The number of pyridine rings is 1. The van der Waals surface area contributed by atoms with Gasteiger partial charge in [-0.3, -0.25) is 9.78 Å². The topological polar surface area (TPSA) is 89.0 Å². The summed E-state index contributed by atoms with van der Waals surface area (Å²) in [5.74, 6) is 0.207. The molecule has 112 valence electrons. The molecule has 2 N–H and O–H groups in total. The lowest BCUT2D eigenvalue weighted by Crippen LogP contribution is -2.33. The number of allylic oxidation sites excluding steroid dienone is 3. The van der Waals surface area contributed by atoms with E-state index < -0.39 is 5.92 Å². The van der Waals surface area contributed by atoms with Crippen molar-refractivity contribution in [3.8, 4) is 6.07 Å². The molecule has 3 rings (SSSR count). The van der Waals surface area contributed by atoms with E-state index in [9.17, 15) is 10.1 Å². The Kier molecular flexibility index (Phi) is 3.25. The van der Waals surface area contributed by atoms with E-state index in [1.165, 1.54) is 0 Å². The summed E-state index contributed by atoms with van der Waals surface area (Å²) in [6.45, 7) is 4.05. The molecule has 0 bridgehead atoms. The second-order valence-corrected chi connectivity index (χ2v) is 6.49. The molecule has 1 atom stereocenters. The number of carbonyl (C=O) groups is 1. The highest BCUT2D eigenvalue weighted by Gasteiger charge is 2.42. The van der Waals surface area contributed by atoms with Crippen molar-refractivity contribution in [1.29, 1.82) is 5.26 Å². The summed E-state index contributed by atoms with van der Waals surface area (Å²) in [5.41, 5.74) is 7.38. The van der Waals surface area contributed by atoms with Crippen molar-refractivity contribution >= 4 is 5.78 Å². The van der Waals surface area contributed by atoms with Crippen molar-refractivity contribution in [2.24, 2.45) is 11.1 Å². The van der Waals surface area contributed by atoms with Crippen molar-refractivity contribution in [2.75, 3.05) is 0 Å². The number of carbonyl (C=O) groups excluding carboxylic acids is 1. The van der Waals surface area contributed by atoms with E-state index in [4.69, 9.17) is 10.5 Å². The number of nitrogens with two attached hydrogens (primary N) is 1. The number of nitrogens with zero attached hydrogens (tertiary/aromatic N) is 2. The van der Waals surface area contributed by atoms with Crippen LogP contribution in [0.15, 0.2) is 47.3 Å². The van der Waals surface area contributed by atoms with E-state index in [1.807, 2.05) is 19.9 Å². The van der Waals surface area contributed by atoms with Crippen LogP contribution >= 0.6 is 0 Å². The Hall–Kier alpha value is -2.61. The zero-order chi connectivity index (χ0) is 15.9. The number of aromatic nitrogens is 1. The normalized spacial score (nSPS) is 23.7. The molecule has 0 aromatic carbocycles. The summed E-state index contributed by atoms with van der Waals surface area (Å²) in [5, 5.41) is 9.45. The molecule has 1 aromatic heterocycles. The van der Waals surface area contributed by atoms with E-state index in [0.29, 0.717) is 24.2 Å². The first-order valence-corrected chi connectivity index (χ1v) is 7.17. The smallest absolute Gasteiger partial charge is 0.205 e. The van der Waals surface area contributed by atoms with E-state index in [-0.39, 0.29) is 22.7 Å². The van der Waals surface area contributed by atoms with Crippen molar-refractivity contribution in [3.05, 3.63) is 52.9 Å². The molecular formula is C17H17N3O2. The van der Waals surface area contributed by atoms with Gasteiger partial charge in [0.25, 0.3) is 0 Å². The minimum absolute atomic E-state index is 0.0142. The van der Waals surface area contributed by atoms with Crippen LogP contribution in [0.5, 0.6) is 0 Å². The fraction of sp³-hybridized carbons (Fsp3) is 0.353. The lowest BCUT2D eigenvalue weighted by Gasteiger charge is -2.37. The molecule has 0 spiro atoms. The van der Waals surface area contributed by atoms with Gasteiger partial charge in [-0.05, 0) is 17.0 Å². The van der Waals surface area contributed by atoms with Crippen LogP contribution in [-0.2, 0) is 9.53 Å². The monoisotopic (exact) mass is 295 g/mol. The Balaban J connectivity index is 2.18. The van der Waals surface area contributed by atoms with Crippen LogP contribution in [0.4, 0.5) is 0 Å². The van der Waals surface area contributed by atoms with Crippen molar-refractivity contribution in [2.45, 2.75) is 32.6 Å². The van der Waals surface area contributed by atoms with Crippen molar-refractivity contribution < 1.29 is 9.53 Å². The van der Waals surface area contributed by atoms with Crippen LogP contribution in [-0.4, -0.2) is 10.8 Å². The number of ether oxygens (including phenoxy) is 1. The molecule has 5 nitrogen and oxygen atoms in total. The van der Waals surface area contributed by atoms with Gasteiger partial charge in [0.05, 0.1) is 5.92 Å². The number of rotatable bonds is 1. The third-order valence-electron chi connectivity index (χ3n) is 4.09. The molecular weight excluding hydrogens is 278 g/mol. The Morgan fingerprint density at radius 1 is 1.45 bits per heavy atom. The largest absolute Gasteiger partial charge is 0.444 e. The minimum Gasteiger partial charge on any atom is -0.444 e. The van der Waals surface area contributed by atoms with E-state index in [1.54, 1.807) is 18.5 Å². The average molecular weight is 295 g/mol. The molecule has 0 amide bonds. The number of nitriles is 1. The van der Waals surface area contributed by atoms with Crippen molar-refractivity contribution in [1.82, 2.24) is 4.98 Å². The number of ketones is 1. The first-order chi connectivity index (χ1) is 10.4. The van der Waals surface area contributed by atoms with E-state index >= 15 is 0 Å². The van der Waals surface area contributed by atoms with E-state index in [0.717, 1.165) is 5.56 Å². The molecule has 2 heterocycles. The predicted molar refractivity (Wildman–Crippen MR) is 79.9 cm³/mol. The van der Waals surface area contributed by atoms with Gasteiger partial charge in [0.2, 0.25) is 5.88 Å². The molecule has 2 aliphatic rings. The summed E-state index contributed by atoms with van der Waals surface area (Å²) < 4.78 is 5.62. The van der Waals surface area contributed by atoms with Crippen LogP contribution in [0.2, 0.25) is 0 Å². The summed E-state index contributed by atoms with van der Waals surface area (Å²) in [4.78, 5) is 16.8. The number of Topliss-reactive ketones (excluding diaryl/α,β-unsaturated/α-hetero) is 1. The summed E-state index contributed by atoms with van der Waals surface area (Å²) >= 11 is 0. The Labute approximate surface area is 129 Å². The number of hydrogen-bond acceptors (Lipinski definition) is 5. The molecule has 1 aliphatic carbocycles. The number of hydrogen-bond donors (Lipinski definition) is 1. The molecule has 22 heavy (non-hydrogen) atoms. The van der Waals surface area contributed by atoms with Crippen LogP contribution < -0.4 is 5.73 Å². The SMILES string of the molecule is CC1(C)CC(=O)C2=C(C1)OC(N)=C(C#N)[C@H]2c1cccnc1.